The van der Waals surface area contributed by atoms with Crippen LogP contribution in [0.5, 0.6) is 0 Å². The third-order valence-electron chi connectivity index (χ3n) is 4.37. The van der Waals surface area contributed by atoms with Gasteiger partial charge in [-0.05, 0) is 25.0 Å². The standard InChI is InChI=1S/C19H29N3O2/c1-3-5-12-21(13-6-4-2)19(24)20-16-14-18(23)22(15-16)17-10-8-7-9-11-17/h7-11,16H,3-6,12-15H2,1-2H3,(H,20,24)/t16-/m0/s1. The number of anilines is 1. The average molecular weight is 331 g/mol. The Labute approximate surface area is 145 Å². The van der Waals surface area contributed by atoms with Crippen molar-refractivity contribution in [2.45, 2.75) is 52.0 Å². The first-order valence-electron chi connectivity index (χ1n) is 9.06. The van der Waals surface area contributed by atoms with Crippen LogP contribution >= 0.6 is 0 Å². The highest BCUT2D eigenvalue weighted by molar-refractivity contribution is 5.96. The van der Waals surface area contributed by atoms with E-state index in [0.29, 0.717) is 13.0 Å². The molecule has 1 saturated heterocycles. The van der Waals surface area contributed by atoms with E-state index in [2.05, 4.69) is 19.2 Å². The molecule has 132 valence electrons. The van der Waals surface area contributed by atoms with E-state index in [9.17, 15) is 9.59 Å². The van der Waals surface area contributed by atoms with Gasteiger partial charge in [0.15, 0.2) is 0 Å². The predicted molar refractivity (Wildman–Crippen MR) is 97.1 cm³/mol. The van der Waals surface area contributed by atoms with Crippen LogP contribution in [0.15, 0.2) is 30.3 Å². The summed E-state index contributed by atoms with van der Waals surface area (Å²) in [5.41, 5.74) is 0.896. The van der Waals surface area contributed by atoms with Crippen molar-refractivity contribution in [3.05, 3.63) is 30.3 Å². The van der Waals surface area contributed by atoms with Gasteiger partial charge >= 0.3 is 6.03 Å². The molecular weight excluding hydrogens is 302 g/mol. The fraction of sp³-hybridized carbons (Fsp3) is 0.579. The molecule has 0 aliphatic carbocycles. The Morgan fingerprint density at radius 3 is 2.38 bits per heavy atom. The second-order valence-electron chi connectivity index (χ2n) is 6.38. The second-order valence-corrected chi connectivity index (χ2v) is 6.38. The van der Waals surface area contributed by atoms with Crippen molar-refractivity contribution >= 4 is 17.6 Å². The number of hydrogen-bond acceptors (Lipinski definition) is 2. The van der Waals surface area contributed by atoms with Crippen molar-refractivity contribution in [1.82, 2.24) is 10.2 Å². The third-order valence-corrected chi connectivity index (χ3v) is 4.37. The molecule has 1 atom stereocenters. The van der Waals surface area contributed by atoms with E-state index < -0.39 is 0 Å². The van der Waals surface area contributed by atoms with E-state index in [1.807, 2.05) is 35.2 Å². The highest BCUT2D eigenvalue weighted by Crippen LogP contribution is 2.21. The monoisotopic (exact) mass is 331 g/mol. The number of amides is 3. The maximum Gasteiger partial charge on any atom is 0.317 e. The van der Waals surface area contributed by atoms with Crippen molar-refractivity contribution in [2.24, 2.45) is 0 Å². The molecule has 1 aromatic rings. The number of hydrogen-bond donors (Lipinski definition) is 1. The Balaban J connectivity index is 1.92. The van der Waals surface area contributed by atoms with Crippen LogP contribution < -0.4 is 10.2 Å². The molecule has 0 unspecified atom stereocenters. The first kappa shape index (κ1) is 18.3. The van der Waals surface area contributed by atoms with Gasteiger partial charge in [-0.2, -0.15) is 0 Å². The first-order valence-corrected chi connectivity index (χ1v) is 9.06. The van der Waals surface area contributed by atoms with Gasteiger partial charge in [0, 0.05) is 31.7 Å². The van der Waals surface area contributed by atoms with Crippen LogP contribution in [0, 0.1) is 0 Å². The van der Waals surface area contributed by atoms with Gasteiger partial charge in [0.1, 0.15) is 0 Å². The van der Waals surface area contributed by atoms with Crippen LogP contribution in [-0.4, -0.2) is 42.5 Å². The van der Waals surface area contributed by atoms with Gasteiger partial charge in [0.05, 0.1) is 6.04 Å². The minimum atomic E-state index is -0.115. The van der Waals surface area contributed by atoms with Crippen LogP contribution in [0.3, 0.4) is 0 Å². The van der Waals surface area contributed by atoms with Gasteiger partial charge < -0.3 is 15.1 Å². The van der Waals surface area contributed by atoms with E-state index in [1.165, 1.54) is 0 Å². The van der Waals surface area contributed by atoms with Crippen LogP contribution in [0.4, 0.5) is 10.5 Å². The number of nitrogens with one attached hydrogen (secondary N) is 1. The van der Waals surface area contributed by atoms with Crippen LogP contribution in [0.1, 0.15) is 46.0 Å². The molecule has 5 nitrogen and oxygen atoms in total. The molecule has 1 fully saturated rings. The van der Waals surface area contributed by atoms with Crippen LogP contribution in [0.25, 0.3) is 0 Å². The summed E-state index contributed by atoms with van der Waals surface area (Å²) in [5.74, 6) is 0.0696. The average Bonchev–Trinajstić information content (AvgIpc) is 2.96. The molecule has 24 heavy (non-hydrogen) atoms. The molecular formula is C19H29N3O2. The molecule has 1 aliphatic rings. The molecule has 0 saturated carbocycles. The normalized spacial score (nSPS) is 17.2. The van der Waals surface area contributed by atoms with Crippen molar-refractivity contribution in [3.63, 3.8) is 0 Å². The fourth-order valence-corrected chi connectivity index (χ4v) is 2.94. The largest absolute Gasteiger partial charge is 0.333 e. The quantitative estimate of drug-likeness (QED) is 0.794. The Hall–Kier alpha value is -2.04. The summed E-state index contributed by atoms with van der Waals surface area (Å²) in [6.45, 7) is 6.37. The summed E-state index contributed by atoms with van der Waals surface area (Å²) in [6.07, 6.45) is 4.53. The van der Waals surface area contributed by atoms with Gasteiger partial charge in [-0.25, -0.2) is 4.79 Å². The van der Waals surface area contributed by atoms with Gasteiger partial charge in [-0.1, -0.05) is 44.9 Å². The summed E-state index contributed by atoms with van der Waals surface area (Å²) in [5, 5.41) is 3.05. The number of para-hydroxylation sites is 1. The van der Waals surface area contributed by atoms with Crippen molar-refractivity contribution in [2.75, 3.05) is 24.5 Å². The predicted octanol–water partition coefficient (Wildman–Crippen LogP) is 3.40. The molecule has 1 heterocycles. The summed E-state index contributed by atoms with van der Waals surface area (Å²) >= 11 is 0. The lowest BCUT2D eigenvalue weighted by molar-refractivity contribution is -0.117. The summed E-state index contributed by atoms with van der Waals surface area (Å²) in [4.78, 5) is 28.4. The van der Waals surface area contributed by atoms with Crippen molar-refractivity contribution in [3.8, 4) is 0 Å². The highest BCUT2D eigenvalue weighted by atomic mass is 16.2. The first-order chi connectivity index (χ1) is 11.7. The lowest BCUT2D eigenvalue weighted by Gasteiger charge is -2.25. The van der Waals surface area contributed by atoms with Crippen molar-refractivity contribution < 1.29 is 9.59 Å². The number of urea groups is 1. The van der Waals surface area contributed by atoms with Crippen LogP contribution in [0.2, 0.25) is 0 Å². The fourth-order valence-electron chi connectivity index (χ4n) is 2.94. The molecule has 0 aromatic heterocycles. The lowest BCUT2D eigenvalue weighted by Crippen LogP contribution is -2.46. The maximum absolute atomic E-state index is 12.5. The maximum atomic E-state index is 12.5. The number of benzene rings is 1. The van der Waals surface area contributed by atoms with E-state index in [-0.39, 0.29) is 18.0 Å². The Kier molecular flexibility index (Phi) is 7.09. The van der Waals surface area contributed by atoms with Gasteiger partial charge in [0.25, 0.3) is 0 Å². The summed E-state index contributed by atoms with van der Waals surface area (Å²) in [6, 6.07) is 9.48. The van der Waals surface area contributed by atoms with Gasteiger partial charge in [-0.15, -0.1) is 0 Å². The molecule has 3 amide bonds. The smallest absolute Gasteiger partial charge is 0.317 e. The van der Waals surface area contributed by atoms with E-state index >= 15 is 0 Å². The minimum absolute atomic E-state index is 0.0374. The molecule has 5 heteroatoms. The Bertz CT molecular complexity index is 525. The summed E-state index contributed by atoms with van der Waals surface area (Å²) < 4.78 is 0. The van der Waals surface area contributed by atoms with E-state index in [0.717, 1.165) is 44.5 Å². The molecule has 2 rings (SSSR count). The number of carbonyl (C=O) groups excluding carboxylic acids is 2. The molecule has 1 aliphatic heterocycles. The third kappa shape index (κ3) is 4.98. The highest BCUT2D eigenvalue weighted by Gasteiger charge is 2.32. The molecule has 0 spiro atoms. The zero-order valence-corrected chi connectivity index (χ0v) is 14.8. The van der Waals surface area contributed by atoms with Crippen LogP contribution in [-0.2, 0) is 4.79 Å². The number of nitrogens with zero attached hydrogens (tertiary/aromatic N) is 2. The molecule has 0 radical (unpaired) electrons. The Morgan fingerprint density at radius 2 is 1.79 bits per heavy atom. The zero-order chi connectivity index (χ0) is 17.4. The lowest BCUT2D eigenvalue weighted by atomic mass is 10.2. The SMILES string of the molecule is CCCCN(CCCC)C(=O)N[C@H]1CC(=O)N(c2ccccc2)C1. The molecule has 1 N–H and O–H groups in total. The number of rotatable bonds is 8. The van der Waals surface area contributed by atoms with E-state index in [4.69, 9.17) is 0 Å². The van der Waals surface area contributed by atoms with Crippen molar-refractivity contribution in [1.29, 1.82) is 0 Å². The van der Waals surface area contributed by atoms with E-state index in [1.54, 1.807) is 4.90 Å². The zero-order valence-electron chi connectivity index (χ0n) is 14.8. The van der Waals surface area contributed by atoms with Gasteiger partial charge in [-0.3, -0.25) is 4.79 Å². The summed E-state index contributed by atoms with van der Waals surface area (Å²) in [7, 11) is 0. The second kappa shape index (κ2) is 9.30. The Morgan fingerprint density at radius 1 is 1.17 bits per heavy atom. The molecule has 0 bridgehead atoms. The minimum Gasteiger partial charge on any atom is -0.333 e. The van der Waals surface area contributed by atoms with Gasteiger partial charge in [0.2, 0.25) is 5.91 Å². The number of carbonyl (C=O) groups is 2. The topological polar surface area (TPSA) is 52.7 Å². The number of unbranched alkanes of at least 4 members (excludes halogenated alkanes) is 2. The molecule has 1 aromatic carbocycles.